The molecule has 0 heterocycles. The Bertz CT molecular complexity index is 1200. The number of fused-ring (bicyclic) bond motifs is 5. The molecule has 1 saturated carbocycles. The average molecular weight is 384 g/mol. The third-order valence-corrected chi connectivity index (χ3v) is 6.72. The minimum absolute atomic E-state index is 0.0361. The van der Waals surface area contributed by atoms with E-state index >= 15 is 0 Å². The SMILES string of the molecule is CC(=O)[C@@H]1C[C@@]2(Cc3cccc4ccccc34)C(=O)c3ccccc3[C@]1(O)C2=O. The van der Waals surface area contributed by atoms with Crippen LogP contribution in [0.1, 0.15) is 34.8 Å². The summed E-state index contributed by atoms with van der Waals surface area (Å²) in [5, 5.41) is 13.5. The quantitative estimate of drug-likeness (QED) is 0.700. The molecule has 1 fully saturated rings. The van der Waals surface area contributed by atoms with Crippen LogP contribution in [0.5, 0.6) is 0 Å². The van der Waals surface area contributed by atoms with Crippen LogP contribution in [0.4, 0.5) is 0 Å². The minimum atomic E-state index is -1.94. The third kappa shape index (κ3) is 2.21. The zero-order valence-corrected chi connectivity index (χ0v) is 16.0. The van der Waals surface area contributed by atoms with Gasteiger partial charge in [-0.25, -0.2) is 0 Å². The van der Waals surface area contributed by atoms with Gasteiger partial charge in [0.25, 0.3) is 0 Å². The number of ketones is 3. The average Bonchev–Trinajstić information content (AvgIpc) is 2.92. The lowest BCUT2D eigenvalue weighted by atomic mass is 9.66. The Morgan fingerprint density at radius 2 is 1.69 bits per heavy atom. The van der Waals surface area contributed by atoms with Crippen molar-refractivity contribution in [3.05, 3.63) is 83.4 Å². The summed E-state index contributed by atoms with van der Waals surface area (Å²) >= 11 is 0. The summed E-state index contributed by atoms with van der Waals surface area (Å²) in [6.07, 6.45) is 0.209. The highest BCUT2D eigenvalue weighted by Crippen LogP contribution is 2.58. The molecule has 3 atom stereocenters. The summed E-state index contributed by atoms with van der Waals surface area (Å²) in [5.74, 6) is -2.02. The summed E-state index contributed by atoms with van der Waals surface area (Å²) in [6, 6.07) is 20.3. The predicted octanol–water partition coefficient (Wildman–Crippen LogP) is 3.63. The van der Waals surface area contributed by atoms with Crippen molar-refractivity contribution in [2.45, 2.75) is 25.4 Å². The summed E-state index contributed by atoms with van der Waals surface area (Å²) < 4.78 is 0. The highest BCUT2D eigenvalue weighted by atomic mass is 16.3. The second-order valence-electron chi connectivity index (χ2n) is 8.23. The van der Waals surface area contributed by atoms with E-state index in [0.717, 1.165) is 16.3 Å². The maximum atomic E-state index is 13.6. The molecular weight excluding hydrogens is 364 g/mol. The van der Waals surface area contributed by atoms with Crippen molar-refractivity contribution in [1.29, 1.82) is 0 Å². The molecule has 0 aliphatic heterocycles. The Hall–Kier alpha value is -3.11. The van der Waals surface area contributed by atoms with E-state index in [1.807, 2.05) is 42.5 Å². The predicted molar refractivity (Wildman–Crippen MR) is 109 cm³/mol. The maximum absolute atomic E-state index is 13.6. The number of carbonyl (C=O) groups excluding carboxylic acids is 3. The van der Waals surface area contributed by atoms with Gasteiger partial charge in [-0.2, -0.15) is 0 Å². The number of aliphatic hydroxyl groups is 1. The highest BCUT2D eigenvalue weighted by Gasteiger charge is 2.70. The van der Waals surface area contributed by atoms with Gasteiger partial charge in [-0.1, -0.05) is 66.7 Å². The molecule has 0 radical (unpaired) electrons. The van der Waals surface area contributed by atoms with Crippen LogP contribution in [0.15, 0.2) is 66.7 Å². The molecule has 3 aromatic rings. The van der Waals surface area contributed by atoms with E-state index in [1.54, 1.807) is 24.3 Å². The topological polar surface area (TPSA) is 71.4 Å². The highest BCUT2D eigenvalue weighted by molar-refractivity contribution is 6.24. The first-order valence-corrected chi connectivity index (χ1v) is 9.78. The van der Waals surface area contributed by atoms with Gasteiger partial charge in [0.1, 0.15) is 11.2 Å². The Balaban J connectivity index is 1.75. The van der Waals surface area contributed by atoms with E-state index in [0.29, 0.717) is 5.56 Å². The monoisotopic (exact) mass is 384 g/mol. The van der Waals surface area contributed by atoms with Crippen LogP contribution in [0.25, 0.3) is 10.8 Å². The molecular formula is C25H20O4. The molecule has 2 bridgehead atoms. The van der Waals surface area contributed by atoms with Gasteiger partial charge in [0.05, 0.1) is 5.92 Å². The number of hydrogen-bond acceptors (Lipinski definition) is 4. The van der Waals surface area contributed by atoms with Crippen LogP contribution in [-0.4, -0.2) is 22.5 Å². The van der Waals surface area contributed by atoms with Crippen LogP contribution < -0.4 is 0 Å². The van der Waals surface area contributed by atoms with Crippen molar-refractivity contribution >= 4 is 28.1 Å². The molecule has 4 heteroatoms. The summed E-state index contributed by atoms with van der Waals surface area (Å²) in [4.78, 5) is 39.7. The van der Waals surface area contributed by atoms with Crippen LogP contribution in [0.2, 0.25) is 0 Å². The van der Waals surface area contributed by atoms with Crippen molar-refractivity contribution in [1.82, 2.24) is 0 Å². The molecule has 0 amide bonds. The molecule has 3 aromatic carbocycles. The summed E-state index contributed by atoms with van der Waals surface area (Å²) in [6.45, 7) is 1.38. The molecule has 5 rings (SSSR count). The van der Waals surface area contributed by atoms with E-state index in [9.17, 15) is 19.5 Å². The normalized spacial score (nSPS) is 27.9. The fourth-order valence-corrected chi connectivity index (χ4v) is 5.33. The first kappa shape index (κ1) is 18.0. The van der Waals surface area contributed by atoms with Crippen molar-refractivity contribution in [2.24, 2.45) is 11.3 Å². The number of rotatable bonds is 3. The maximum Gasteiger partial charge on any atom is 0.183 e. The van der Waals surface area contributed by atoms with E-state index in [2.05, 4.69) is 0 Å². The van der Waals surface area contributed by atoms with Crippen LogP contribution in [0, 0.1) is 11.3 Å². The Kier molecular flexibility index (Phi) is 3.68. The fourth-order valence-electron chi connectivity index (χ4n) is 5.33. The number of benzene rings is 3. The van der Waals surface area contributed by atoms with Crippen LogP contribution in [0.3, 0.4) is 0 Å². The Morgan fingerprint density at radius 1 is 1.00 bits per heavy atom. The van der Waals surface area contributed by atoms with Gasteiger partial charge in [-0.05, 0) is 36.1 Å². The summed E-state index contributed by atoms with van der Waals surface area (Å²) in [5.41, 5.74) is -1.89. The number of Topliss-reactive ketones (excluding diaryl/α,β-unsaturated/α-hetero) is 3. The molecule has 0 spiro atoms. The molecule has 144 valence electrons. The zero-order valence-electron chi connectivity index (χ0n) is 16.0. The Labute approximate surface area is 168 Å². The minimum Gasteiger partial charge on any atom is -0.376 e. The smallest absolute Gasteiger partial charge is 0.183 e. The van der Waals surface area contributed by atoms with Crippen molar-refractivity contribution in [2.75, 3.05) is 0 Å². The number of carbonyl (C=O) groups is 3. The lowest BCUT2D eigenvalue weighted by molar-refractivity contribution is -0.147. The van der Waals surface area contributed by atoms with E-state index in [4.69, 9.17) is 0 Å². The second-order valence-corrected chi connectivity index (χ2v) is 8.23. The van der Waals surface area contributed by atoms with Crippen molar-refractivity contribution < 1.29 is 19.5 Å². The molecule has 2 aliphatic carbocycles. The first-order chi connectivity index (χ1) is 13.9. The lowest BCUT2D eigenvalue weighted by Gasteiger charge is -2.36. The fraction of sp³-hybridized carbons (Fsp3) is 0.240. The van der Waals surface area contributed by atoms with Gasteiger partial charge in [-0.15, -0.1) is 0 Å². The zero-order chi connectivity index (χ0) is 20.4. The Morgan fingerprint density at radius 3 is 2.48 bits per heavy atom. The van der Waals surface area contributed by atoms with Crippen LogP contribution >= 0.6 is 0 Å². The van der Waals surface area contributed by atoms with E-state index in [-0.39, 0.29) is 30.0 Å². The van der Waals surface area contributed by atoms with E-state index in [1.165, 1.54) is 6.92 Å². The third-order valence-electron chi connectivity index (χ3n) is 6.72. The lowest BCUT2D eigenvalue weighted by Crippen LogP contribution is -2.51. The van der Waals surface area contributed by atoms with Crippen molar-refractivity contribution in [3.8, 4) is 0 Å². The molecule has 0 saturated heterocycles. The van der Waals surface area contributed by atoms with Gasteiger partial charge in [0.15, 0.2) is 17.2 Å². The van der Waals surface area contributed by atoms with Gasteiger partial charge in [-0.3, -0.25) is 14.4 Å². The van der Waals surface area contributed by atoms with Crippen molar-refractivity contribution in [3.63, 3.8) is 0 Å². The van der Waals surface area contributed by atoms with Crippen LogP contribution in [-0.2, 0) is 21.6 Å². The second kappa shape index (κ2) is 5.94. The van der Waals surface area contributed by atoms with E-state index < -0.39 is 22.7 Å². The molecule has 0 unspecified atom stereocenters. The molecule has 1 N–H and O–H groups in total. The molecule has 0 aromatic heterocycles. The molecule has 4 nitrogen and oxygen atoms in total. The van der Waals surface area contributed by atoms with Gasteiger partial charge in [0, 0.05) is 11.1 Å². The first-order valence-electron chi connectivity index (χ1n) is 9.78. The molecule has 29 heavy (non-hydrogen) atoms. The van der Waals surface area contributed by atoms with Gasteiger partial charge < -0.3 is 5.11 Å². The summed E-state index contributed by atoms with van der Waals surface area (Å²) in [7, 11) is 0. The largest absolute Gasteiger partial charge is 0.376 e. The van der Waals surface area contributed by atoms with Gasteiger partial charge in [0.2, 0.25) is 0 Å². The molecule has 2 aliphatic rings. The number of hydrogen-bond donors (Lipinski definition) is 1. The standard InChI is InChI=1S/C25H20O4/c1-15(26)21-14-24(13-17-9-6-8-16-7-2-3-10-18(16)17)22(27)19-11-4-5-12-20(19)25(21,29)23(24)28/h2-12,21,29H,13-14H2,1H3/t21-,24-,25+/m0/s1. The van der Waals surface area contributed by atoms with Gasteiger partial charge >= 0.3 is 0 Å².